The molecular weight excluding hydrogens is 410 g/mol. The highest BCUT2D eigenvalue weighted by molar-refractivity contribution is 5.51. The van der Waals surface area contributed by atoms with Gasteiger partial charge in [0.05, 0.1) is 33.1 Å². The highest BCUT2D eigenvalue weighted by Crippen LogP contribution is 2.30. The first-order chi connectivity index (χ1) is 15.7. The summed E-state index contributed by atoms with van der Waals surface area (Å²) < 4.78 is 23.9. The van der Waals surface area contributed by atoms with E-state index in [2.05, 4.69) is 20.5 Å². The second-order valence-corrected chi connectivity index (χ2v) is 7.50. The van der Waals surface area contributed by atoms with Crippen molar-refractivity contribution in [3.63, 3.8) is 0 Å². The van der Waals surface area contributed by atoms with E-state index in [0.29, 0.717) is 37.0 Å². The lowest BCUT2D eigenvalue weighted by Gasteiger charge is -2.24. The molecule has 1 aliphatic heterocycles. The maximum atomic E-state index is 6.08. The van der Waals surface area contributed by atoms with E-state index in [4.69, 9.17) is 18.7 Å². The van der Waals surface area contributed by atoms with Gasteiger partial charge in [-0.3, -0.25) is 0 Å². The fourth-order valence-corrected chi connectivity index (χ4v) is 3.74. The number of fused-ring (bicyclic) bond motifs is 1. The molecule has 0 bridgehead atoms. The van der Waals surface area contributed by atoms with Gasteiger partial charge in [0.25, 0.3) is 0 Å². The zero-order valence-electron chi connectivity index (χ0n) is 17.9. The molecule has 0 saturated carbocycles. The lowest BCUT2D eigenvalue weighted by Crippen LogP contribution is -2.22. The van der Waals surface area contributed by atoms with Crippen LogP contribution in [-0.4, -0.2) is 39.4 Å². The van der Waals surface area contributed by atoms with Crippen molar-refractivity contribution in [3.05, 3.63) is 71.2 Å². The summed E-state index contributed by atoms with van der Waals surface area (Å²) in [5.74, 6) is 2.63. The number of aromatic nitrogens is 5. The zero-order chi connectivity index (χ0) is 21.9. The topological polar surface area (TPSA) is 97.3 Å². The van der Waals surface area contributed by atoms with Crippen LogP contribution in [0.5, 0.6) is 11.5 Å². The molecule has 32 heavy (non-hydrogen) atoms. The van der Waals surface area contributed by atoms with Crippen LogP contribution in [0.25, 0.3) is 11.5 Å². The van der Waals surface area contributed by atoms with Gasteiger partial charge in [0.2, 0.25) is 11.7 Å². The van der Waals surface area contributed by atoms with E-state index in [-0.39, 0.29) is 6.10 Å². The van der Waals surface area contributed by atoms with Crippen molar-refractivity contribution < 1.29 is 18.7 Å². The zero-order valence-corrected chi connectivity index (χ0v) is 17.9. The second kappa shape index (κ2) is 8.80. The normalized spacial score (nSPS) is 15.4. The van der Waals surface area contributed by atoms with Crippen molar-refractivity contribution in [2.45, 2.75) is 32.1 Å². The molecule has 0 radical (unpaired) electrons. The third-order valence-electron chi connectivity index (χ3n) is 5.53. The van der Waals surface area contributed by atoms with Crippen molar-refractivity contribution in [1.82, 2.24) is 25.1 Å². The number of ether oxygens (including phenoxy) is 3. The third-order valence-corrected chi connectivity index (χ3v) is 5.53. The maximum absolute atomic E-state index is 6.08. The van der Waals surface area contributed by atoms with Crippen LogP contribution >= 0.6 is 0 Å². The van der Waals surface area contributed by atoms with Crippen LogP contribution in [0, 0.1) is 0 Å². The molecule has 3 heterocycles. The lowest BCUT2D eigenvalue weighted by molar-refractivity contribution is -0.00114. The van der Waals surface area contributed by atoms with Gasteiger partial charge in [0.15, 0.2) is 5.69 Å². The molecule has 9 nitrogen and oxygen atoms in total. The van der Waals surface area contributed by atoms with E-state index in [9.17, 15) is 0 Å². The molecule has 0 amide bonds. The van der Waals surface area contributed by atoms with Gasteiger partial charge in [0, 0.05) is 6.42 Å². The van der Waals surface area contributed by atoms with Crippen LogP contribution in [0.4, 0.5) is 0 Å². The fourth-order valence-electron chi connectivity index (χ4n) is 3.74. The largest absolute Gasteiger partial charge is 0.497 e. The molecule has 2 aromatic carbocycles. The van der Waals surface area contributed by atoms with E-state index < -0.39 is 0 Å². The molecule has 5 rings (SSSR count). The minimum absolute atomic E-state index is 0.105. The molecule has 1 aliphatic rings. The molecule has 9 heteroatoms. The van der Waals surface area contributed by atoms with E-state index in [1.165, 1.54) is 0 Å². The summed E-state index contributed by atoms with van der Waals surface area (Å²) in [7, 11) is 3.31. The number of methoxy groups -OCH3 is 2. The quantitative estimate of drug-likeness (QED) is 0.437. The smallest absolute Gasteiger partial charge is 0.227 e. The van der Waals surface area contributed by atoms with Crippen LogP contribution in [0.3, 0.4) is 0 Å². The van der Waals surface area contributed by atoms with E-state index in [1.807, 2.05) is 53.2 Å². The number of rotatable bonds is 7. The number of hydrogen-bond donors (Lipinski definition) is 0. The van der Waals surface area contributed by atoms with Gasteiger partial charge in [0.1, 0.15) is 17.6 Å². The van der Waals surface area contributed by atoms with Crippen molar-refractivity contribution in [1.29, 1.82) is 0 Å². The van der Waals surface area contributed by atoms with Gasteiger partial charge in [-0.2, -0.15) is 4.98 Å². The van der Waals surface area contributed by atoms with Crippen molar-refractivity contribution in [2.75, 3.05) is 14.2 Å². The standard InChI is InChI=1S/C23H23N5O4/c1-29-17-9-7-16(8-10-17)20-13-28-19(14-31-20)22(25-27-28)23-24-21(32-26-23)11-6-15-4-3-5-18(12-15)30-2/h3-5,7-10,12,20H,6,11,13-14H2,1-2H3. The van der Waals surface area contributed by atoms with E-state index in [1.54, 1.807) is 14.2 Å². The Hall–Kier alpha value is -3.72. The van der Waals surface area contributed by atoms with Gasteiger partial charge in [-0.25, -0.2) is 4.68 Å². The summed E-state index contributed by atoms with van der Waals surface area (Å²) in [6, 6.07) is 15.8. The molecule has 2 aromatic heterocycles. The van der Waals surface area contributed by atoms with Crippen LogP contribution in [0.2, 0.25) is 0 Å². The minimum Gasteiger partial charge on any atom is -0.497 e. The Morgan fingerprint density at radius 3 is 2.69 bits per heavy atom. The molecule has 1 atom stereocenters. The lowest BCUT2D eigenvalue weighted by atomic mass is 10.1. The van der Waals surface area contributed by atoms with Gasteiger partial charge >= 0.3 is 0 Å². The van der Waals surface area contributed by atoms with Gasteiger partial charge in [-0.15, -0.1) is 5.10 Å². The Morgan fingerprint density at radius 2 is 1.88 bits per heavy atom. The van der Waals surface area contributed by atoms with Crippen LogP contribution < -0.4 is 9.47 Å². The number of aryl methyl sites for hydroxylation is 2. The molecule has 0 spiro atoms. The Kier molecular flexibility index (Phi) is 5.55. The number of benzene rings is 2. The fraction of sp³-hybridized carbons (Fsp3) is 0.304. The van der Waals surface area contributed by atoms with Crippen molar-refractivity contribution in [2.24, 2.45) is 0 Å². The third kappa shape index (κ3) is 4.06. The summed E-state index contributed by atoms with van der Waals surface area (Å²) in [4.78, 5) is 4.52. The van der Waals surface area contributed by atoms with E-state index >= 15 is 0 Å². The highest BCUT2D eigenvalue weighted by atomic mass is 16.5. The minimum atomic E-state index is -0.105. The molecule has 0 saturated heterocycles. The summed E-state index contributed by atoms with van der Waals surface area (Å²) in [5, 5.41) is 12.7. The Morgan fingerprint density at radius 1 is 1.03 bits per heavy atom. The van der Waals surface area contributed by atoms with Gasteiger partial charge < -0.3 is 18.7 Å². The predicted molar refractivity (Wildman–Crippen MR) is 114 cm³/mol. The molecule has 0 N–H and O–H groups in total. The molecule has 164 valence electrons. The summed E-state index contributed by atoms with van der Waals surface area (Å²) >= 11 is 0. The predicted octanol–water partition coefficient (Wildman–Crippen LogP) is 3.40. The average molecular weight is 433 g/mol. The average Bonchev–Trinajstić information content (AvgIpc) is 3.49. The van der Waals surface area contributed by atoms with Crippen LogP contribution in [0.15, 0.2) is 53.1 Å². The highest BCUT2D eigenvalue weighted by Gasteiger charge is 2.27. The molecular formula is C23H23N5O4. The van der Waals surface area contributed by atoms with Crippen molar-refractivity contribution >= 4 is 0 Å². The van der Waals surface area contributed by atoms with E-state index in [0.717, 1.165) is 34.7 Å². The molecule has 1 unspecified atom stereocenters. The van der Waals surface area contributed by atoms with Crippen LogP contribution in [0.1, 0.15) is 28.8 Å². The van der Waals surface area contributed by atoms with Gasteiger partial charge in [-0.1, -0.05) is 34.6 Å². The Labute approximate surface area is 184 Å². The summed E-state index contributed by atoms with van der Waals surface area (Å²) in [5.41, 5.74) is 3.64. The SMILES string of the molecule is COc1ccc(C2Cn3nnc(-c4noc(CCc5cccc(OC)c5)n4)c3CO2)cc1. The van der Waals surface area contributed by atoms with Gasteiger partial charge in [-0.05, 0) is 41.8 Å². The molecule has 4 aromatic rings. The monoisotopic (exact) mass is 433 g/mol. The Balaban J connectivity index is 1.27. The first-order valence-corrected chi connectivity index (χ1v) is 10.4. The van der Waals surface area contributed by atoms with Crippen LogP contribution in [-0.2, 0) is 30.7 Å². The number of hydrogen-bond acceptors (Lipinski definition) is 8. The molecule has 0 fully saturated rings. The summed E-state index contributed by atoms with van der Waals surface area (Å²) in [6.07, 6.45) is 1.29. The second-order valence-electron chi connectivity index (χ2n) is 7.50. The summed E-state index contributed by atoms with van der Waals surface area (Å²) in [6.45, 7) is 0.932. The maximum Gasteiger partial charge on any atom is 0.227 e. The molecule has 0 aliphatic carbocycles. The Bertz CT molecular complexity index is 1200. The number of nitrogens with zero attached hydrogens (tertiary/aromatic N) is 5. The first kappa shape index (κ1) is 20.2. The van der Waals surface area contributed by atoms with Crippen molar-refractivity contribution in [3.8, 4) is 23.0 Å². The first-order valence-electron chi connectivity index (χ1n) is 10.4.